The summed E-state index contributed by atoms with van der Waals surface area (Å²) in [5.74, 6) is -1.10. The van der Waals surface area contributed by atoms with Crippen molar-refractivity contribution in [3.05, 3.63) is 34.9 Å². The van der Waals surface area contributed by atoms with Crippen molar-refractivity contribution in [1.82, 2.24) is 4.90 Å². The van der Waals surface area contributed by atoms with Gasteiger partial charge in [-0.3, -0.25) is 4.79 Å². The number of ether oxygens (including phenoxy) is 1. The first kappa shape index (κ1) is 17.5. The van der Waals surface area contributed by atoms with Gasteiger partial charge in [-0.1, -0.05) is 6.92 Å². The molecular formula is C18H25NO4. The van der Waals surface area contributed by atoms with Crippen LogP contribution in [0.1, 0.15) is 58.9 Å². The SMILES string of the molecule is CCCOC1CCCN(C(=O)c2cc(C)cc(C(=O)O)c2)CC1. The summed E-state index contributed by atoms with van der Waals surface area (Å²) < 4.78 is 5.80. The highest BCUT2D eigenvalue weighted by molar-refractivity contribution is 5.97. The van der Waals surface area contributed by atoms with Crippen molar-refractivity contribution in [2.75, 3.05) is 19.7 Å². The van der Waals surface area contributed by atoms with Crippen molar-refractivity contribution in [2.45, 2.75) is 45.6 Å². The molecule has 1 saturated heterocycles. The van der Waals surface area contributed by atoms with Gasteiger partial charge in [0.25, 0.3) is 5.91 Å². The molecule has 0 aliphatic carbocycles. The zero-order valence-electron chi connectivity index (χ0n) is 13.9. The van der Waals surface area contributed by atoms with Crippen molar-refractivity contribution in [1.29, 1.82) is 0 Å². The van der Waals surface area contributed by atoms with Crippen LogP contribution in [0.4, 0.5) is 0 Å². The van der Waals surface area contributed by atoms with E-state index in [0.717, 1.165) is 37.9 Å². The topological polar surface area (TPSA) is 66.8 Å². The molecule has 0 aromatic heterocycles. The Balaban J connectivity index is 2.07. The first-order valence-electron chi connectivity index (χ1n) is 8.27. The highest BCUT2D eigenvalue weighted by Crippen LogP contribution is 2.18. The summed E-state index contributed by atoms with van der Waals surface area (Å²) in [6, 6.07) is 4.80. The second-order valence-electron chi connectivity index (χ2n) is 6.11. The molecule has 5 heteroatoms. The lowest BCUT2D eigenvalue weighted by Crippen LogP contribution is -2.32. The highest BCUT2D eigenvalue weighted by Gasteiger charge is 2.22. The number of hydrogen-bond acceptors (Lipinski definition) is 3. The molecule has 5 nitrogen and oxygen atoms in total. The summed E-state index contributed by atoms with van der Waals surface area (Å²) >= 11 is 0. The number of aryl methyl sites for hydroxylation is 1. The summed E-state index contributed by atoms with van der Waals surface area (Å²) in [6.07, 6.45) is 3.94. The maximum Gasteiger partial charge on any atom is 0.335 e. The zero-order chi connectivity index (χ0) is 16.8. The summed E-state index contributed by atoms with van der Waals surface area (Å²) in [5, 5.41) is 9.15. The number of hydrogen-bond donors (Lipinski definition) is 1. The third-order valence-corrected chi connectivity index (χ3v) is 4.09. The number of rotatable bonds is 5. The normalized spacial score (nSPS) is 18.5. The molecule has 1 fully saturated rings. The van der Waals surface area contributed by atoms with Gasteiger partial charge in [0, 0.05) is 25.3 Å². The van der Waals surface area contributed by atoms with E-state index in [0.29, 0.717) is 18.7 Å². The molecule has 1 amide bonds. The molecule has 1 aliphatic rings. The van der Waals surface area contributed by atoms with E-state index in [4.69, 9.17) is 9.84 Å². The minimum absolute atomic E-state index is 0.0904. The fourth-order valence-corrected chi connectivity index (χ4v) is 2.93. The molecule has 1 N–H and O–H groups in total. The zero-order valence-corrected chi connectivity index (χ0v) is 13.9. The van der Waals surface area contributed by atoms with E-state index in [9.17, 15) is 9.59 Å². The molecule has 1 unspecified atom stereocenters. The second kappa shape index (κ2) is 8.11. The van der Waals surface area contributed by atoms with Crippen LogP contribution >= 0.6 is 0 Å². The van der Waals surface area contributed by atoms with E-state index in [1.54, 1.807) is 19.1 Å². The third-order valence-electron chi connectivity index (χ3n) is 4.09. The van der Waals surface area contributed by atoms with E-state index in [2.05, 4.69) is 6.92 Å². The number of amides is 1. The lowest BCUT2D eigenvalue weighted by atomic mass is 10.1. The fraction of sp³-hybridized carbons (Fsp3) is 0.556. The summed E-state index contributed by atoms with van der Waals surface area (Å²) in [7, 11) is 0. The monoisotopic (exact) mass is 319 g/mol. The number of likely N-dealkylation sites (tertiary alicyclic amines) is 1. The van der Waals surface area contributed by atoms with Crippen LogP contribution in [0.15, 0.2) is 18.2 Å². The van der Waals surface area contributed by atoms with Crippen LogP contribution in [0.2, 0.25) is 0 Å². The summed E-state index contributed by atoms with van der Waals surface area (Å²) in [6.45, 7) is 6.01. The van der Waals surface area contributed by atoms with Crippen LogP contribution in [0.5, 0.6) is 0 Å². The lowest BCUT2D eigenvalue weighted by molar-refractivity contribution is 0.0432. The maximum absolute atomic E-state index is 12.7. The Morgan fingerprint density at radius 1 is 1.22 bits per heavy atom. The van der Waals surface area contributed by atoms with E-state index in [1.165, 1.54) is 6.07 Å². The van der Waals surface area contributed by atoms with Gasteiger partial charge in [0.2, 0.25) is 0 Å². The van der Waals surface area contributed by atoms with Crippen LogP contribution in [-0.2, 0) is 4.74 Å². The number of carboxylic acids is 1. The van der Waals surface area contributed by atoms with Crippen molar-refractivity contribution in [3.63, 3.8) is 0 Å². The Labute approximate surface area is 137 Å². The Morgan fingerprint density at radius 2 is 1.96 bits per heavy atom. The largest absolute Gasteiger partial charge is 0.478 e. The van der Waals surface area contributed by atoms with Crippen molar-refractivity contribution in [2.24, 2.45) is 0 Å². The number of benzene rings is 1. The van der Waals surface area contributed by atoms with Gasteiger partial charge < -0.3 is 14.7 Å². The number of aromatic carboxylic acids is 1. The van der Waals surface area contributed by atoms with Gasteiger partial charge in [-0.25, -0.2) is 4.79 Å². The van der Waals surface area contributed by atoms with Gasteiger partial charge in [-0.15, -0.1) is 0 Å². The minimum atomic E-state index is -1.01. The van der Waals surface area contributed by atoms with Gasteiger partial charge in [-0.2, -0.15) is 0 Å². The van der Waals surface area contributed by atoms with Crippen LogP contribution < -0.4 is 0 Å². The van der Waals surface area contributed by atoms with E-state index in [1.807, 2.05) is 4.90 Å². The van der Waals surface area contributed by atoms with Crippen LogP contribution in [0.3, 0.4) is 0 Å². The molecule has 1 atom stereocenters. The van der Waals surface area contributed by atoms with E-state index in [-0.39, 0.29) is 17.6 Å². The Morgan fingerprint density at radius 3 is 2.65 bits per heavy atom. The molecule has 1 heterocycles. The van der Waals surface area contributed by atoms with E-state index >= 15 is 0 Å². The minimum Gasteiger partial charge on any atom is -0.478 e. The van der Waals surface area contributed by atoms with E-state index < -0.39 is 5.97 Å². The third kappa shape index (κ3) is 4.79. The smallest absolute Gasteiger partial charge is 0.335 e. The number of carbonyl (C=O) groups is 2. The number of carbonyl (C=O) groups excluding carboxylic acids is 1. The van der Waals surface area contributed by atoms with Gasteiger partial charge >= 0.3 is 5.97 Å². The van der Waals surface area contributed by atoms with Crippen LogP contribution in [0.25, 0.3) is 0 Å². The Hall–Kier alpha value is -1.88. The van der Waals surface area contributed by atoms with Crippen LogP contribution in [-0.4, -0.2) is 47.7 Å². The first-order chi connectivity index (χ1) is 11.0. The van der Waals surface area contributed by atoms with Gasteiger partial charge in [0.05, 0.1) is 11.7 Å². The van der Waals surface area contributed by atoms with Crippen LogP contribution in [0, 0.1) is 6.92 Å². The molecule has 1 aliphatic heterocycles. The number of carboxylic acid groups (broad SMARTS) is 1. The van der Waals surface area contributed by atoms with Gasteiger partial charge in [0.15, 0.2) is 0 Å². The molecule has 0 radical (unpaired) electrons. The molecule has 0 bridgehead atoms. The predicted octanol–water partition coefficient (Wildman–Crippen LogP) is 3.11. The standard InChI is InChI=1S/C18H25NO4/c1-3-9-23-16-5-4-7-19(8-6-16)17(20)14-10-13(2)11-15(12-14)18(21)22/h10-12,16H,3-9H2,1-2H3,(H,21,22). The molecule has 1 aromatic rings. The molecule has 2 rings (SSSR count). The fourth-order valence-electron chi connectivity index (χ4n) is 2.93. The van der Waals surface area contributed by atoms with Gasteiger partial charge in [-0.05, 0) is 56.4 Å². The Bertz CT molecular complexity index is 570. The maximum atomic E-state index is 12.7. The molecule has 0 saturated carbocycles. The first-order valence-corrected chi connectivity index (χ1v) is 8.27. The molecule has 23 heavy (non-hydrogen) atoms. The number of nitrogens with zero attached hydrogens (tertiary/aromatic N) is 1. The summed E-state index contributed by atoms with van der Waals surface area (Å²) in [5.41, 5.74) is 1.40. The quantitative estimate of drug-likeness (QED) is 0.905. The van der Waals surface area contributed by atoms with Crippen molar-refractivity contribution in [3.8, 4) is 0 Å². The lowest BCUT2D eigenvalue weighted by Gasteiger charge is -2.21. The van der Waals surface area contributed by atoms with Crippen molar-refractivity contribution < 1.29 is 19.4 Å². The summed E-state index contributed by atoms with van der Waals surface area (Å²) in [4.78, 5) is 25.7. The molecular weight excluding hydrogens is 294 g/mol. The average molecular weight is 319 g/mol. The molecule has 0 spiro atoms. The van der Waals surface area contributed by atoms with Crippen molar-refractivity contribution >= 4 is 11.9 Å². The second-order valence-corrected chi connectivity index (χ2v) is 6.11. The Kier molecular flexibility index (Phi) is 6.16. The highest BCUT2D eigenvalue weighted by atomic mass is 16.5. The molecule has 1 aromatic carbocycles. The molecule has 126 valence electrons. The van der Waals surface area contributed by atoms with Gasteiger partial charge in [0.1, 0.15) is 0 Å². The average Bonchev–Trinajstić information content (AvgIpc) is 2.77. The predicted molar refractivity (Wildman–Crippen MR) is 87.9 cm³/mol.